The van der Waals surface area contributed by atoms with E-state index in [4.69, 9.17) is 0 Å². The second kappa shape index (κ2) is 7.11. The molecule has 0 N–H and O–H groups in total. The Kier molecular flexibility index (Phi) is 8.36. The van der Waals surface area contributed by atoms with Gasteiger partial charge in [0.25, 0.3) is 0 Å². The normalized spacial score (nSPS) is 15.5. The van der Waals surface area contributed by atoms with E-state index in [1.165, 1.54) is 8.55 Å². The van der Waals surface area contributed by atoms with E-state index in [9.17, 15) is 0 Å². The minimum Gasteiger partial charge on any atom is -0.422 e. The van der Waals surface area contributed by atoms with E-state index in [1.807, 2.05) is 0 Å². The molecule has 0 saturated carbocycles. The zero-order valence-corrected chi connectivity index (χ0v) is 23.5. The molecular weight excluding hydrogens is 323 g/mol. The van der Waals surface area contributed by atoms with Crippen LogP contribution in [0.4, 0.5) is 0 Å². The van der Waals surface area contributed by atoms with Crippen LogP contribution in [-0.4, -0.2) is 23.7 Å². The molecule has 1 radical (unpaired) electrons. The van der Waals surface area contributed by atoms with E-state index in [2.05, 4.69) is 96.2 Å². The van der Waals surface area contributed by atoms with E-state index in [0.29, 0.717) is 20.2 Å². The summed E-state index contributed by atoms with van der Waals surface area (Å²) in [5, 5.41) is 1.87. The summed E-state index contributed by atoms with van der Waals surface area (Å²) in [5.74, 6) is 0. The first kappa shape index (κ1) is 25.9. The summed E-state index contributed by atoms with van der Waals surface area (Å²) in [6.45, 7) is 35.5. The second-order valence-electron chi connectivity index (χ2n) is 11.4. The number of hydrogen-bond acceptors (Lipinski definition) is 0. The van der Waals surface area contributed by atoms with Gasteiger partial charge in [0.05, 0.1) is 0 Å². The minimum atomic E-state index is -1.42. The summed E-state index contributed by atoms with van der Waals surface area (Å²) in [6, 6.07) is 0. The summed E-state index contributed by atoms with van der Waals surface area (Å²) < 4.78 is 0. The van der Waals surface area contributed by atoms with Gasteiger partial charge in [-0.3, -0.25) is 0 Å². The molecular formula is C18H42NaSi3. The Morgan fingerprint density at radius 1 is 0.455 bits per heavy atom. The van der Waals surface area contributed by atoms with Gasteiger partial charge in [-0.2, -0.15) is 0 Å². The van der Waals surface area contributed by atoms with Crippen LogP contribution in [0, 0.1) is 0 Å². The average molecular weight is 366 g/mol. The molecule has 0 aromatic heterocycles. The molecule has 0 rings (SSSR count). The van der Waals surface area contributed by atoms with Crippen LogP contribution in [-0.2, 0) is 0 Å². The summed E-state index contributed by atoms with van der Waals surface area (Å²) in [7, 11) is -1.63. The van der Waals surface area contributed by atoms with E-state index < -0.39 is 15.2 Å². The molecule has 0 aliphatic rings. The predicted molar refractivity (Wildman–Crippen MR) is 108 cm³/mol. The van der Waals surface area contributed by atoms with Crippen molar-refractivity contribution in [2.45, 2.75) is 116 Å². The smallest absolute Gasteiger partial charge is 0.422 e. The average Bonchev–Trinajstić information content (AvgIpc) is 2.09. The Hall–Kier alpha value is 1.65. The third-order valence-corrected chi connectivity index (χ3v) is 40.5. The van der Waals surface area contributed by atoms with Crippen LogP contribution >= 0.6 is 0 Å². The van der Waals surface area contributed by atoms with Gasteiger partial charge < -0.3 is 8.55 Å². The van der Waals surface area contributed by atoms with Crippen LogP contribution in [0.2, 0.25) is 33.2 Å². The van der Waals surface area contributed by atoms with Gasteiger partial charge in [-0.15, -0.1) is 15.2 Å². The van der Waals surface area contributed by atoms with Gasteiger partial charge in [-0.1, -0.05) is 116 Å². The van der Waals surface area contributed by atoms with Crippen molar-refractivity contribution >= 4 is 23.7 Å². The maximum absolute atomic E-state index is 2.70. The molecule has 22 heavy (non-hydrogen) atoms. The van der Waals surface area contributed by atoms with Gasteiger partial charge in [0.15, 0.2) is 0 Å². The largest absolute Gasteiger partial charge is 1.00 e. The monoisotopic (exact) mass is 365 g/mol. The molecule has 0 saturated heterocycles. The Bertz CT molecular complexity index is 298. The van der Waals surface area contributed by atoms with Crippen LogP contribution in [0.5, 0.6) is 0 Å². The zero-order chi connectivity index (χ0) is 17.7. The number of rotatable bonds is 2. The molecule has 0 spiro atoms. The molecule has 0 nitrogen and oxygen atoms in total. The first-order valence-electron chi connectivity index (χ1n) is 8.50. The van der Waals surface area contributed by atoms with Crippen LogP contribution in [0.25, 0.3) is 0 Å². The van der Waals surface area contributed by atoms with E-state index >= 15 is 0 Å². The fourth-order valence-corrected chi connectivity index (χ4v) is 40.5. The molecule has 0 aromatic carbocycles. The SMILES string of the molecule is CC(C)(C)[Si](C)([Si-][Si](C)(C(C)(C)C)C(C)(C)C)C(C)(C)C.[Na+]. The van der Waals surface area contributed by atoms with Crippen molar-refractivity contribution in [1.82, 2.24) is 0 Å². The molecule has 0 unspecified atom stereocenters. The van der Waals surface area contributed by atoms with Gasteiger partial charge in [-0.25, -0.2) is 0 Å². The minimum absolute atomic E-state index is 0. The maximum atomic E-state index is 2.70. The number of hydrogen-bond donors (Lipinski definition) is 0. The van der Waals surface area contributed by atoms with Crippen LogP contribution in [0.15, 0.2) is 0 Å². The van der Waals surface area contributed by atoms with Crippen molar-refractivity contribution in [2.75, 3.05) is 0 Å². The summed E-state index contributed by atoms with van der Waals surface area (Å²) >= 11 is 0. The topological polar surface area (TPSA) is 0 Å². The van der Waals surface area contributed by atoms with Gasteiger partial charge in [0.2, 0.25) is 0 Å². The third-order valence-electron chi connectivity index (χ3n) is 6.50. The molecule has 4 heteroatoms. The van der Waals surface area contributed by atoms with E-state index in [-0.39, 0.29) is 29.6 Å². The molecule has 0 bridgehead atoms. The molecule has 0 aromatic rings. The van der Waals surface area contributed by atoms with Gasteiger partial charge in [0, 0.05) is 0 Å². The van der Waals surface area contributed by atoms with Crippen molar-refractivity contribution in [3.63, 3.8) is 0 Å². The summed E-state index contributed by atoms with van der Waals surface area (Å²) in [5.41, 5.74) is 0. The van der Waals surface area contributed by atoms with Gasteiger partial charge in [0.1, 0.15) is 0 Å². The van der Waals surface area contributed by atoms with Crippen molar-refractivity contribution in [1.29, 1.82) is 0 Å². The van der Waals surface area contributed by atoms with Gasteiger partial charge in [-0.05, 0) is 0 Å². The van der Waals surface area contributed by atoms with Crippen LogP contribution in [0.3, 0.4) is 0 Å². The van der Waals surface area contributed by atoms with Crippen LogP contribution in [0.1, 0.15) is 83.1 Å². The van der Waals surface area contributed by atoms with Crippen molar-refractivity contribution in [3.8, 4) is 0 Å². The van der Waals surface area contributed by atoms with Crippen molar-refractivity contribution in [2.24, 2.45) is 0 Å². The van der Waals surface area contributed by atoms with Crippen molar-refractivity contribution < 1.29 is 29.6 Å². The fraction of sp³-hybridized carbons (Fsp3) is 1.00. The first-order chi connectivity index (χ1) is 8.71. The Morgan fingerprint density at radius 2 is 0.591 bits per heavy atom. The molecule has 127 valence electrons. The molecule has 0 atom stereocenters. The Labute approximate surface area is 168 Å². The van der Waals surface area contributed by atoms with Gasteiger partial charge >= 0.3 is 29.6 Å². The van der Waals surface area contributed by atoms with Crippen molar-refractivity contribution in [3.05, 3.63) is 0 Å². The third kappa shape index (κ3) is 4.85. The summed E-state index contributed by atoms with van der Waals surface area (Å²) in [6.07, 6.45) is 0. The van der Waals surface area contributed by atoms with Crippen LogP contribution < -0.4 is 29.6 Å². The second-order valence-corrected chi connectivity index (χ2v) is 31.1. The molecule has 0 fully saturated rings. The molecule has 0 amide bonds. The fourth-order valence-electron chi connectivity index (χ4n) is 3.50. The molecule has 0 aliphatic heterocycles. The van der Waals surface area contributed by atoms with E-state index in [1.54, 1.807) is 0 Å². The Balaban J connectivity index is 0. The molecule has 0 heterocycles. The Morgan fingerprint density at radius 3 is 0.682 bits per heavy atom. The standard InChI is InChI=1S/C18H42Si3.Na/c1-15(2,3)20(13,16(4,5)6)19-21(14,17(7,8)9)18(10,11)12;/h1-14H3;/q-1;+1. The van der Waals surface area contributed by atoms with E-state index in [0.717, 1.165) is 0 Å². The first-order valence-corrected chi connectivity index (χ1v) is 16.5. The summed E-state index contributed by atoms with van der Waals surface area (Å²) in [4.78, 5) is 0. The quantitative estimate of drug-likeness (QED) is 0.648. The molecule has 0 aliphatic carbocycles. The zero-order valence-electron chi connectivity index (χ0n) is 18.5. The predicted octanol–water partition coefficient (Wildman–Crippen LogP) is 4.05. The maximum Gasteiger partial charge on any atom is 1.00 e.